The van der Waals surface area contributed by atoms with Crippen LogP contribution in [-0.4, -0.2) is 14.7 Å². The van der Waals surface area contributed by atoms with Crippen molar-refractivity contribution in [3.05, 3.63) is 35.2 Å². The topological polar surface area (TPSA) is 34.1 Å². The largest absolute Gasteiger partial charge is 0.224 e. The van der Waals surface area contributed by atoms with Crippen molar-refractivity contribution in [1.29, 1.82) is 0 Å². The molecule has 0 heterocycles. The molecule has 0 aliphatic rings. The van der Waals surface area contributed by atoms with Crippen LogP contribution in [0, 0.1) is 6.92 Å². The van der Waals surface area contributed by atoms with Crippen molar-refractivity contribution in [2.75, 3.05) is 6.26 Å². The minimum absolute atomic E-state index is 0.358. The van der Waals surface area contributed by atoms with Gasteiger partial charge in [-0.15, -0.1) is 0 Å². The molecule has 0 aliphatic heterocycles. The second kappa shape index (κ2) is 3.80. The molecule has 0 amide bonds. The summed E-state index contributed by atoms with van der Waals surface area (Å²) in [6.45, 7) is 3.68. The van der Waals surface area contributed by atoms with Crippen LogP contribution >= 0.6 is 15.9 Å². The highest BCUT2D eigenvalue weighted by Gasteiger charge is 2.11. The van der Waals surface area contributed by atoms with E-state index >= 15 is 0 Å². The highest BCUT2D eigenvalue weighted by Crippen LogP contribution is 2.21. The van der Waals surface area contributed by atoms with E-state index in [-0.39, 0.29) is 0 Å². The first kappa shape index (κ1) is 10.7. The summed E-state index contributed by atoms with van der Waals surface area (Å²) in [5.41, 5.74) is 0.755. The maximum absolute atomic E-state index is 11.3. The van der Waals surface area contributed by atoms with Gasteiger partial charge >= 0.3 is 0 Å². The van der Waals surface area contributed by atoms with Gasteiger partial charge in [-0.25, -0.2) is 8.42 Å². The van der Waals surface area contributed by atoms with E-state index in [1.807, 2.05) is 6.07 Å². The van der Waals surface area contributed by atoms with Crippen LogP contribution in [0.4, 0.5) is 0 Å². The zero-order valence-corrected chi connectivity index (χ0v) is 9.65. The molecule has 1 radical (unpaired) electrons. The summed E-state index contributed by atoms with van der Waals surface area (Å²) in [6, 6.07) is 5.19. The summed E-state index contributed by atoms with van der Waals surface area (Å²) >= 11 is 3.23. The van der Waals surface area contributed by atoms with Gasteiger partial charge in [0.2, 0.25) is 0 Å². The van der Waals surface area contributed by atoms with Crippen LogP contribution in [-0.2, 0) is 16.3 Å². The number of rotatable bonds is 2. The summed E-state index contributed by atoms with van der Waals surface area (Å²) < 4.78 is 23.4. The fourth-order valence-electron chi connectivity index (χ4n) is 1.08. The molecule has 0 N–H and O–H groups in total. The third-order valence-electron chi connectivity index (χ3n) is 1.70. The second-order valence-electron chi connectivity index (χ2n) is 2.77. The molecule has 1 aromatic rings. The first-order chi connectivity index (χ1) is 5.95. The fourth-order valence-corrected chi connectivity index (χ4v) is 2.58. The molecule has 2 nitrogen and oxygen atoms in total. The number of benzene rings is 1. The summed E-state index contributed by atoms with van der Waals surface area (Å²) in [5.74, 6) is 0. The van der Waals surface area contributed by atoms with Crippen molar-refractivity contribution in [3.8, 4) is 0 Å². The zero-order valence-electron chi connectivity index (χ0n) is 7.25. The molecule has 0 saturated heterocycles. The molecule has 0 aliphatic carbocycles. The Morgan fingerprint density at radius 2 is 2.08 bits per heavy atom. The predicted molar refractivity (Wildman–Crippen MR) is 56.3 cm³/mol. The molecule has 0 aromatic heterocycles. The van der Waals surface area contributed by atoms with Crippen LogP contribution in [0.2, 0.25) is 0 Å². The average molecular weight is 262 g/mol. The fraction of sp³-hybridized carbons (Fsp3) is 0.222. The van der Waals surface area contributed by atoms with E-state index in [4.69, 9.17) is 0 Å². The first-order valence-corrected chi connectivity index (χ1v) is 6.41. The highest BCUT2D eigenvalue weighted by molar-refractivity contribution is 9.10. The van der Waals surface area contributed by atoms with Gasteiger partial charge < -0.3 is 0 Å². The van der Waals surface area contributed by atoms with Crippen molar-refractivity contribution in [2.45, 2.75) is 11.3 Å². The molecule has 0 unspecified atom stereocenters. The van der Waals surface area contributed by atoms with E-state index < -0.39 is 9.84 Å². The van der Waals surface area contributed by atoms with Crippen LogP contribution in [0.25, 0.3) is 0 Å². The van der Waals surface area contributed by atoms with Crippen LogP contribution in [0.5, 0.6) is 0 Å². The summed E-state index contributed by atoms with van der Waals surface area (Å²) in [4.78, 5) is 0.358. The molecule has 1 aromatic carbocycles. The van der Waals surface area contributed by atoms with Gasteiger partial charge in [-0.05, 0) is 31.0 Å². The summed E-state index contributed by atoms with van der Waals surface area (Å²) in [6.07, 6.45) is 1.68. The Morgan fingerprint density at radius 3 is 2.54 bits per heavy atom. The maximum atomic E-state index is 11.3. The van der Waals surface area contributed by atoms with Crippen LogP contribution in [0.3, 0.4) is 0 Å². The highest BCUT2D eigenvalue weighted by atomic mass is 79.9. The molecule has 0 fully saturated rings. The van der Waals surface area contributed by atoms with Gasteiger partial charge in [0.1, 0.15) is 0 Å². The standard InChI is InChI=1S/C9H10BrO2S/c1-3-7-4-5-8(10)6-9(7)13(2,11)12/h4-6H,1,3H2,2H3. The van der Waals surface area contributed by atoms with E-state index in [0.717, 1.165) is 10.0 Å². The minimum Gasteiger partial charge on any atom is -0.224 e. The van der Waals surface area contributed by atoms with Crippen molar-refractivity contribution < 1.29 is 8.42 Å². The molecule has 0 spiro atoms. The van der Waals surface area contributed by atoms with Crippen LogP contribution in [0.15, 0.2) is 27.6 Å². The Balaban J connectivity index is 3.41. The molecule has 4 heteroatoms. The average Bonchev–Trinajstić information content (AvgIpc) is 2.03. The Morgan fingerprint density at radius 1 is 1.46 bits per heavy atom. The van der Waals surface area contributed by atoms with Gasteiger partial charge in [0.25, 0.3) is 0 Å². The normalized spacial score (nSPS) is 11.6. The lowest BCUT2D eigenvalue weighted by Crippen LogP contribution is -2.01. The van der Waals surface area contributed by atoms with E-state index in [0.29, 0.717) is 11.3 Å². The summed E-state index contributed by atoms with van der Waals surface area (Å²) in [7, 11) is -3.14. The smallest absolute Gasteiger partial charge is 0.175 e. The van der Waals surface area contributed by atoms with E-state index in [9.17, 15) is 8.42 Å². The van der Waals surface area contributed by atoms with Gasteiger partial charge in [0, 0.05) is 10.7 Å². The molecule has 0 bridgehead atoms. The Bertz CT molecular complexity index is 410. The van der Waals surface area contributed by atoms with Gasteiger partial charge in [-0.2, -0.15) is 0 Å². The molecule has 1 rings (SSSR count). The number of sulfone groups is 1. The van der Waals surface area contributed by atoms with E-state index in [1.165, 1.54) is 6.26 Å². The van der Waals surface area contributed by atoms with Crippen LogP contribution < -0.4 is 0 Å². The first-order valence-electron chi connectivity index (χ1n) is 3.73. The molecule has 13 heavy (non-hydrogen) atoms. The van der Waals surface area contributed by atoms with Gasteiger partial charge in [-0.1, -0.05) is 22.0 Å². The SMILES string of the molecule is [CH2]Cc1ccc(Br)cc1S(C)(=O)=O. The number of hydrogen-bond donors (Lipinski definition) is 0. The lowest BCUT2D eigenvalue weighted by Gasteiger charge is -2.05. The van der Waals surface area contributed by atoms with Gasteiger partial charge in [0.05, 0.1) is 4.90 Å². The van der Waals surface area contributed by atoms with Gasteiger partial charge in [-0.3, -0.25) is 0 Å². The van der Waals surface area contributed by atoms with Crippen LogP contribution in [0.1, 0.15) is 5.56 Å². The third-order valence-corrected chi connectivity index (χ3v) is 3.37. The Kier molecular flexibility index (Phi) is 3.14. The van der Waals surface area contributed by atoms with E-state index in [1.54, 1.807) is 12.1 Å². The molecular formula is C9H10BrO2S. The molecule has 0 atom stereocenters. The molecule has 0 saturated carbocycles. The summed E-state index contributed by atoms with van der Waals surface area (Å²) in [5, 5.41) is 0. The van der Waals surface area contributed by atoms with Crippen molar-refractivity contribution >= 4 is 25.8 Å². The van der Waals surface area contributed by atoms with Crippen molar-refractivity contribution in [2.24, 2.45) is 0 Å². The lowest BCUT2D eigenvalue weighted by atomic mass is 10.2. The zero-order chi connectivity index (χ0) is 10.1. The molecule has 71 valence electrons. The van der Waals surface area contributed by atoms with Gasteiger partial charge in [0.15, 0.2) is 9.84 Å². The Labute approximate surface area is 87.0 Å². The monoisotopic (exact) mass is 261 g/mol. The number of halogens is 1. The quantitative estimate of drug-likeness (QED) is 0.819. The van der Waals surface area contributed by atoms with E-state index in [2.05, 4.69) is 22.9 Å². The second-order valence-corrected chi connectivity index (χ2v) is 5.67. The van der Waals surface area contributed by atoms with Crippen molar-refractivity contribution in [3.63, 3.8) is 0 Å². The maximum Gasteiger partial charge on any atom is 0.175 e. The number of hydrogen-bond acceptors (Lipinski definition) is 2. The van der Waals surface area contributed by atoms with Crippen molar-refractivity contribution in [1.82, 2.24) is 0 Å². The molecular weight excluding hydrogens is 252 g/mol. The predicted octanol–water partition coefficient (Wildman–Crippen LogP) is 2.23. The minimum atomic E-state index is -3.14. The third kappa shape index (κ3) is 2.54. The Hall–Kier alpha value is -0.350. The lowest BCUT2D eigenvalue weighted by molar-refractivity contribution is 0.601.